The number of aryl methyl sites for hydroxylation is 1. The van der Waals surface area contributed by atoms with Gasteiger partial charge < -0.3 is 4.74 Å². The Kier molecular flexibility index (Phi) is 5.96. The van der Waals surface area contributed by atoms with Crippen molar-refractivity contribution in [3.63, 3.8) is 0 Å². The third-order valence-electron chi connectivity index (χ3n) is 4.83. The number of hydrogen-bond donors (Lipinski definition) is 1. The van der Waals surface area contributed by atoms with Crippen molar-refractivity contribution in [2.24, 2.45) is 0 Å². The van der Waals surface area contributed by atoms with E-state index in [0.717, 1.165) is 38.0 Å². The van der Waals surface area contributed by atoms with Gasteiger partial charge in [0.2, 0.25) is 10.0 Å². The van der Waals surface area contributed by atoms with Crippen molar-refractivity contribution in [3.05, 3.63) is 59.2 Å². The normalized spacial score (nSPS) is 14.8. The third kappa shape index (κ3) is 4.44. The molecule has 0 fully saturated rings. The smallest absolute Gasteiger partial charge is 0.240 e. The van der Waals surface area contributed by atoms with Crippen molar-refractivity contribution >= 4 is 10.0 Å². The standard InChI is InChI=1S/C20H26N2O3S/c1-16-14-19(8-9-20(16)25-2)26(23,24)21-11-5-12-22-13-10-17-6-3-4-7-18(17)15-22/h3-4,6-9,14,21H,5,10-13,15H2,1-2H3. The first-order valence-electron chi connectivity index (χ1n) is 8.93. The zero-order valence-corrected chi connectivity index (χ0v) is 16.2. The Morgan fingerprint density at radius 1 is 1.15 bits per heavy atom. The number of nitrogens with zero attached hydrogens (tertiary/aromatic N) is 1. The number of benzene rings is 2. The van der Waals surface area contributed by atoms with Gasteiger partial charge in [0.15, 0.2) is 0 Å². The van der Waals surface area contributed by atoms with E-state index in [9.17, 15) is 8.42 Å². The van der Waals surface area contributed by atoms with Crippen LogP contribution in [0.15, 0.2) is 47.4 Å². The number of methoxy groups -OCH3 is 1. The van der Waals surface area contributed by atoms with E-state index in [1.807, 2.05) is 6.92 Å². The minimum atomic E-state index is -3.48. The molecule has 3 rings (SSSR count). The summed E-state index contributed by atoms with van der Waals surface area (Å²) in [7, 11) is -1.91. The third-order valence-corrected chi connectivity index (χ3v) is 6.29. The van der Waals surface area contributed by atoms with Crippen LogP contribution in [0.25, 0.3) is 0 Å². The summed E-state index contributed by atoms with van der Waals surface area (Å²) >= 11 is 0. The van der Waals surface area contributed by atoms with Gasteiger partial charge in [-0.25, -0.2) is 13.1 Å². The molecule has 0 unspecified atom stereocenters. The molecule has 5 nitrogen and oxygen atoms in total. The van der Waals surface area contributed by atoms with E-state index in [-0.39, 0.29) is 4.90 Å². The molecule has 6 heteroatoms. The molecule has 0 radical (unpaired) electrons. The van der Waals surface area contributed by atoms with Crippen LogP contribution in [-0.4, -0.2) is 40.1 Å². The van der Waals surface area contributed by atoms with Gasteiger partial charge in [-0.05, 0) is 61.2 Å². The molecule has 0 atom stereocenters. The van der Waals surface area contributed by atoms with Crippen LogP contribution in [0.4, 0.5) is 0 Å². The second-order valence-electron chi connectivity index (χ2n) is 6.68. The molecule has 2 aromatic rings. The summed E-state index contributed by atoms with van der Waals surface area (Å²) in [4.78, 5) is 2.66. The van der Waals surface area contributed by atoms with Gasteiger partial charge in [0.25, 0.3) is 0 Å². The van der Waals surface area contributed by atoms with E-state index >= 15 is 0 Å². The average Bonchev–Trinajstić information content (AvgIpc) is 2.65. The highest BCUT2D eigenvalue weighted by atomic mass is 32.2. The maximum Gasteiger partial charge on any atom is 0.240 e. The maximum absolute atomic E-state index is 12.4. The van der Waals surface area contributed by atoms with Crippen LogP contribution in [-0.2, 0) is 23.0 Å². The van der Waals surface area contributed by atoms with Crippen LogP contribution in [0.2, 0.25) is 0 Å². The van der Waals surface area contributed by atoms with Gasteiger partial charge in [0, 0.05) is 19.6 Å². The van der Waals surface area contributed by atoms with Crippen LogP contribution >= 0.6 is 0 Å². The van der Waals surface area contributed by atoms with E-state index in [2.05, 4.69) is 33.9 Å². The van der Waals surface area contributed by atoms with E-state index in [1.165, 1.54) is 11.1 Å². The maximum atomic E-state index is 12.4. The first-order valence-corrected chi connectivity index (χ1v) is 10.4. The van der Waals surface area contributed by atoms with Gasteiger partial charge in [-0.2, -0.15) is 0 Å². The Balaban J connectivity index is 1.49. The van der Waals surface area contributed by atoms with Crippen LogP contribution in [0.5, 0.6) is 5.75 Å². The summed E-state index contributed by atoms with van der Waals surface area (Å²) < 4.78 is 32.8. The lowest BCUT2D eigenvalue weighted by Gasteiger charge is -2.28. The molecule has 0 saturated carbocycles. The van der Waals surface area contributed by atoms with Crippen molar-refractivity contribution in [3.8, 4) is 5.75 Å². The van der Waals surface area contributed by atoms with Gasteiger partial charge in [-0.3, -0.25) is 4.90 Å². The fourth-order valence-electron chi connectivity index (χ4n) is 3.36. The van der Waals surface area contributed by atoms with Gasteiger partial charge in [0.05, 0.1) is 12.0 Å². The van der Waals surface area contributed by atoms with Crippen LogP contribution < -0.4 is 9.46 Å². The molecule has 0 saturated heterocycles. The monoisotopic (exact) mass is 374 g/mol. The van der Waals surface area contributed by atoms with Gasteiger partial charge >= 0.3 is 0 Å². The summed E-state index contributed by atoms with van der Waals surface area (Å²) in [5, 5.41) is 0. The highest BCUT2D eigenvalue weighted by molar-refractivity contribution is 7.89. The van der Waals surface area contributed by atoms with E-state index in [4.69, 9.17) is 4.74 Å². The van der Waals surface area contributed by atoms with E-state index in [1.54, 1.807) is 25.3 Å². The average molecular weight is 375 g/mol. The quantitative estimate of drug-likeness (QED) is 0.757. The van der Waals surface area contributed by atoms with E-state index < -0.39 is 10.0 Å². The minimum Gasteiger partial charge on any atom is -0.496 e. The number of nitrogens with one attached hydrogen (secondary N) is 1. The first-order chi connectivity index (χ1) is 12.5. The molecule has 1 aliphatic rings. The Hall–Kier alpha value is -1.89. The molecule has 0 amide bonds. The summed E-state index contributed by atoms with van der Waals surface area (Å²) in [6, 6.07) is 13.4. The van der Waals surface area contributed by atoms with Crippen LogP contribution in [0.1, 0.15) is 23.1 Å². The molecule has 1 heterocycles. The number of hydrogen-bond acceptors (Lipinski definition) is 4. The number of rotatable bonds is 7. The predicted octanol–water partition coefficient (Wildman–Crippen LogP) is 2.73. The zero-order valence-electron chi connectivity index (χ0n) is 15.4. The fraction of sp³-hybridized carbons (Fsp3) is 0.400. The molecule has 0 bridgehead atoms. The number of fused-ring (bicyclic) bond motifs is 1. The zero-order chi connectivity index (χ0) is 18.6. The molecule has 2 aromatic carbocycles. The molecule has 26 heavy (non-hydrogen) atoms. The Morgan fingerprint density at radius 3 is 2.65 bits per heavy atom. The second-order valence-corrected chi connectivity index (χ2v) is 8.44. The highest BCUT2D eigenvalue weighted by Crippen LogP contribution is 2.21. The van der Waals surface area contributed by atoms with Crippen LogP contribution in [0, 0.1) is 6.92 Å². The fourth-order valence-corrected chi connectivity index (χ4v) is 4.51. The summed E-state index contributed by atoms with van der Waals surface area (Å²) in [5.41, 5.74) is 3.62. The molecule has 140 valence electrons. The topological polar surface area (TPSA) is 58.6 Å². The Labute approximate surface area is 156 Å². The molecule has 0 spiro atoms. The van der Waals surface area contributed by atoms with Crippen LogP contribution in [0.3, 0.4) is 0 Å². The number of ether oxygens (including phenoxy) is 1. The molecule has 0 aliphatic carbocycles. The summed E-state index contributed by atoms with van der Waals surface area (Å²) in [6.45, 7) is 5.14. The minimum absolute atomic E-state index is 0.280. The number of sulfonamides is 1. The summed E-state index contributed by atoms with van der Waals surface area (Å²) in [5.74, 6) is 0.689. The first kappa shape index (κ1) is 18.9. The van der Waals surface area contributed by atoms with E-state index in [0.29, 0.717) is 12.3 Å². The molecule has 0 aromatic heterocycles. The van der Waals surface area contributed by atoms with Crippen molar-refractivity contribution < 1.29 is 13.2 Å². The lowest BCUT2D eigenvalue weighted by atomic mass is 10.00. The summed E-state index contributed by atoms with van der Waals surface area (Å²) in [6.07, 6.45) is 1.85. The van der Waals surface area contributed by atoms with Crippen molar-refractivity contribution in [2.75, 3.05) is 26.7 Å². The highest BCUT2D eigenvalue weighted by Gasteiger charge is 2.17. The Bertz CT molecular complexity index is 865. The lowest BCUT2D eigenvalue weighted by molar-refractivity contribution is 0.251. The van der Waals surface area contributed by atoms with Crippen molar-refractivity contribution in [1.29, 1.82) is 0 Å². The lowest BCUT2D eigenvalue weighted by Crippen LogP contribution is -2.33. The molecular formula is C20H26N2O3S. The predicted molar refractivity (Wildman–Crippen MR) is 103 cm³/mol. The van der Waals surface area contributed by atoms with Gasteiger partial charge in [-0.1, -0.05) is 24.3 Å². The molecule has 1 N–H and O–H groups in total. The van der Waals surface area contributed by atoms with Crippen molar-refractivity contribution in [2.45, 2.75) is 31.2 Å². The largest absolute Gasteiger partial charge is 0.496 e. The van der Waals surface area contributed by atoms with Gasteiger partial charge in [0.1, 0.15) is 5.75 Å². The SMILES string of the molecule is COc1ccc(S(=O)(=O)NCCCN2CCc3ccccc3C2)cc1C. The Morgan fingerprint density at radius 2 is 1.92 bits per heavy atom. The molecular weight excluding hydrogens is 348 g/mol. The molecule has 1 aliphatic heterocycles. The van der Waals surface area contributed by atoms with Gasteiger partial charge in [-0.15, -0.1) is 0 Å². The van der Waals surface area contributed by atoms with Crippen molar-refractivity contribution in [1.82, 2.24) is 9.62 Å². The second kappa shape index (κ2) is 8.20.